The van der Waals surface area contributed by atoms with Crippen LogP contribution in [0, 0.1) is 0 Å². The van der Waals surface area contributed by atoms with E-state index in [0.29, 0.717) is 12.2 Å². The molecule has 2 atom stereocenters. The molecule has 0 spiro atoms. The van der Waals surface area contributed by atoms with Gasteiger partial charge in [0, 0.05) is 31.6 Å². The molecule has 0 saturated carbocycles. The molecule has 0 amide bonds. The molecule has 2 unspecified atom stereocenters. The van der Waals surface area contributed by atoms with Crippen LogP contribution < -0.4 is 0 Å². The normalized spacial score (nSPS) is 28.5. The van der Waals surface area contributed by atoms with E-state index in [1.54, 1.807) is 0 Å². The van der Waals surface area contributed by atoms with Crippen molar-refractivity contribution in [3.63, 3.8) is 0 Å². The maximum atomic E-state index is 10.7. The van der Waals surface area contributed by atoms with Gasteiger partial charge in [-0.25, -0.2) is 0 Å². The van der Waals surface area contributed by atoms with Crippen molar-refractivity contribution in [1.82, 2.24) is 4.90 Å². The smallest absolute Gasteiger partial charge is 0.150 e. The second-order valence-corrected chi connectivity index (χ2v) is 4.67. The maximum absolute atomic E-state index is 10.7. The van der Waals surface area contributed by atoms with E-state index in [0.717, 1.165) is 31.5 Å². The lowest BCUT2D eigenvalue weighted by Crippen LogP contribution is -2.56. The van der Waals surface area contributed by atoms with Crippen LogP contribution in [0.3, 0.4) is 0 Å². The van der Waals surface area contributed by atoms with Crippen LogP contribution in [0.5, 0.6) is 0 Å². The van der Waals surface area contributed by atoms with Crippen LogP contribution in [0.1, 0.15) is 22.3 Å². The quantitative estimate of drug-likeness (QED) is 0.718. The maximum Gasteiger partial charge on any atom is 0.150 e. The summed E-state index contributed by atoms with van der Waals surface area (Å²) in [5.74, 6) is 0. The number of piperidine rings is 1. The zero-order chi connectivity index (χ0) is 11.0. The van der Waals surface area contributed by atoms with E-state index in [-0.39, 0.29) is 0 Å². The number of benzene rings is 1. The van der Waals surface area contributed by atoms with Crippen molar-refractivity contribution in [3.8, 4) is 0 Å². The average molecular weight is 217 g/mol. The Morgan fingerprint density at radius 3 is 2.81 bits per heavy atom. The fraction of sp³-hybridized carbons (Fsp3) is 0.462. The van der Waals surface area contributed by atoms with Crippen molar-refractivity contribution in [2.75, 3.05) is 13.1 Å². The molecule has 0 aromatic heterocycles. The van der Waals surface area contributed by atoms with E-state index in [1.807, 2.05) is 18.2 Å². The van der Waals surface area contributed by atoms with Gasteiger partial charge in [0.05, 0.1) is 12.2 Å². The number of hydrogen-bond donors (Lipinski definition) is 0. The van der Waals surface area contributed by atoms with Crippen LogP contribution in [-0.2, 0) is 11.3 Å². The summed E-state index contributed by atoms with van der Waals surface area (Å²) in [4.78, 5) is 13.1. The molecule has 0 aliphatic carbocycles. The van der Waals surface area contributed by atoms with Gasteiger partial charge in [-0.3, -0.25) is 9.69 Å². The average Bonchev–Trinajstić information content (AvgIpc) is 2.28. The first kappa shape index (κ1) is 10.00. The molecule has 0 N–H and O–H groups in total. The lowest BCUT2D eigenvalue weighted by atomic mass is 9.98. The van der Waals surface area contributed by atoms with Gasteiger partial charge < -0.3 is 4.74 Å². The predicted octanol–water partition coefficient (Wildman–Crippen LogP) is 1.47. The minimum atomic E-state index is 0.452. The van der Waals surface area contributed by atoms with Crippen LogP contribution in [0.4, 0.5) is 0 Å². The zero-order valence-corrected chi connectivity index (χ0v) is 9.13. The molecule has 4 rings (SSSR count). The van der Waals surface area contributed by atoms with E-state index < -0.39 is 0 Å². The number of rotatable bonds is 3. The number of nitrogens with zero attached hydrogens (tertiary/aromatic N) is 1. The van der Waals surface area contributed by atoms with Crippen molar-refractivity contribution < 1.29 is 9.53 Å². The van der Waals surface area contributed by atoms with E-state index >= 15 is 0 Å². The number of carbonyl (C=O) groups is 1. The topological polar surface area (TPSA) is 29.5 Å². The number of carbonyl (C=O) groups excluding carboxylic acids is 1. The fourth-order valence-corrected chi connectivity index (χ4v) is 2.59. The van der Waals surface area contributed by atoms with Gasteiger partial charge >= 0.3 is 0 Å². The molecule has 3 heterocycles. The number of morpholine rings is 1. The summed E-state index contributed by atoms with van der Waals surface area (Å²) in [6.45, 7) is 2.99. The summed E-state index contributed by atoms with van der Waals surface area (Å²) in [5.41, 5.74) is 1.97. The van der Waals surface area contributed by atoms with Gasteiger partial charge in [0.1, 0.15) is 6.29 Å². The van der Waals surface area contributed by atoms with E-state index in [4.69, 9.17) is 4.74 Å². The molecule has 2 bridgehead atoms. The van der Waals surface area contributed by atoms with Gasteiger partial charge in [0.25, 0.3) is 0 Å². The highest BCUT2D eigenvalue weighted by Gasteiger charge is 2.37. The van der Waals surface area contributed by atoms with Gasteiger partial charge in [0.15, 0.2) is 0 Å². The van der Waals surface area contributed by atoms with Gasteiger partial charge in [-0.2, -0.15) is 0 Å². The monoisotopic (exact) mass is 217 g/mol. The Kier molecular flexibility index (Phi) is 2.50. The number of fused-ring (bicyclic) bond motifs is 2. The van der Waals surface area contributed by atoms with E-state index in [1.165, 1.54) is 12.0 Å². The largest absolute Gasteiger partial charge is 0.372 e. The summed E-state index contributed by atoms with van der Waals surface area (Å²) in [6, 6.07) is 7.83. The standard InChI is InChI=1S/C13H15NO2/c15-9-11-3-1-2-10(4-11)6-14-7-12-5-13(8-14)16-12/h1-4,9,12-13H,5-8H2. The summed E-state index contributed by atoms with van der Waals surface area (Å²) in [5, 5.41) is 0. The van der Waals surface area contributed by atoms with Gasteiger partial charge in [-0.05, 0) is 11.6 Å². The first-order chi connectivity index (χ1) is 7.83. The van der Waals surface area contributed by atoms with Crippen molar-refractivity contribution >= 4 is 6.29 Å². The number of aldehydes is 1. The third kappa shape index (κ3) is 1.88. The van der Waals surface area contributed by atoms with Crippen molar-refractivity contribution in [2.24, 2.45) is 0 Å². The number of ether oxygens (including phenoxy) is 1. The minimum absolute atomic E-state index is 0.452. The fourth-order valence-electron chi connectivity index (χ4n) is 2.59. The summed E-state index contributed by atoms with van der Waals surface area (Å²) < 4.78 is 5.59. The molecule has 3 heteroatoms. The molecule has 3 aliphatic heterocycles. The van der Waals surface area contributed by atoms with Gasteiger partial charge in [-0.1, -0.05) is 18.2 Å². The molecule has 84 valence electrons. The molecule has 1 aromatic carbocycles. The highest BCUT2D eigenvalue weighted by Crippen LogP contribution is 2.28. The van der Waals surface area contributed by atoms with Crippen molar-refractivity contribution in [2.45, 2.75) is 25.2 Å². The lowest BCUT2D eigenvalue weighted by Gasteiger charge is -2.47. The molecule has 0 radical (unpaired) electrons. The molecule has 3 fully saturated rings. The van der Waals surface area contributed by atoms with Crippen molar-refractivity contribution in [1.29, 1.82) is 0 Å². The van der Waals surface area contributed by atoms with E-state index in [2.05, 4.69) is 11.0 Å². The summed E-state index contributed by atoms with van der Waals surface area (Å²) in [7, 11) is 0. The van der Waals surface area contributed by atoms with Crippen LogP contribution in [0.15, 0.2) is 24.3 Å². The Labute approximate surface area is 95.0 Å². The molecule has 3 aliphatic rings. The summed E-state index contributed by atoms with van der Waals surface area (Å²) >= 11 is 0. The second kappa shape index (κ2) is 4.00. The molecular formula is C13H15NO2. The minimum Gasteiger partial charge on any atom is -0.372 e. The van der Waals surface area contributed by atoms with Crippen LogP contribution in [0.2, 0.25) is 0 Å². The predicted molar refractivity (Wildman–Crippen MR) is 60.4 cm³/mol. The first-order valence-electron chi connectivity index (χ1n) is 5.75. The molecule has 3 saturated heterocycles. The molecule has 16 heavy (non-hydrogen) atoms. The first-order valence-corrected chi connectivity index (χ1v) is 5.75. The Morgan fingerprint density at radius 1 is 1.38 bits per heavy atom. The van der Waals surface area contributed by atoms with Gasteiger partial charge in [-0.15, -0.1) is 0 Å². The second-order valence-electron chi connectivity index (χ2n) is 4.67. The molecule has 3 nitrogen and oxygen atoms in total. The van der Waals surface area contributed by atoms with Crippen molar-refractivity contribution in [3.05, 3.63) is 35.4 Å². The highest BCUT2D eigenvalue weighted by molar-refractivity contribution is 5.74. The Balaban J connectivity index is 1.66. The number of hydrogen-bond acceptors (Lipinski definition) is 3. The Bertz CT molecular complexity index is 389. The third-order valence-corrected chi connectivity index (χ3v) is 3.33. The Hall–Kier alpha value is -1.19. The van der Waals surface area contributed by atoms with E-state index in [9.17, 15) is 4.79 Å². The van der Waals surface area contributed by atoms with Crippen LogP contribution in [-0.4, -0.2) is 36.5 Å². The third-order valence-electron chi connectivity index (χ3n) is 3.33. The molecule has 1 aromatic rings. The van der Waals surface area contributed by atoms with Gasteiger partial charge in [0.2, 0.25) is 0 Å². The lowest BCUT2D eigenvalue weighted by molar-refractivity contribution is -0.182. The summed E-state index contributed by atoms with van der Waals surface area (Å²) in [6.07, 6.45) is 3.03. The molecular weight excluding hydrogens is 202 g/mol. The van der Waals surface area contributed by atoms with Crippen LogP contribution in [0.25, 0.3) is 0 Å². The SMILES string of the molecule is O=Cc1cccc(CN2CC3CC(C2)O3)c1. The highest BCUT2D eigenvalue weighted by atomic mass is 16.5. The Morgan fingerprint density at radius 2 is 2.12 bits per heavy atom. The van der Waals surface area contributed by atoms with Crippen LogP contribution >= 0.6 is 0 Å². The zero-order valence-electron chi connectivity index (χ0n) is 9.13.